The van der Waals surface area contributed by atoms with Gasteiger partial charge in [-0.15, -0.1) is 0 Å². The quantitative estimate of drug-likeness (QED) is 0.727. The fraction of sp³-hybridized carbons (Fsp3) is 0.273. The van der Waals surface area contributed by atoms with E-state index in [0.29, 0.717) is 5.56 Å². The van der Waals surface area contributed by atoms with Crippen molar-refractivity contribution >= 4 is 6.08 Å². The van der Waals surface area contributed by atoms with Crippen LogP contribution < -0.4 is 4.74 Å². The van der Waals surface area contributed by atoms with E-state index in [1.54, 1.807) is 6.08 Å². The molecule has 14 heavy (non-hydrogen) atoms. The summed E-state index contributed by atoms with van der Waals surface area (Å²) in [5, 5.41) is 19.0. The van der Waals surface area contributed by atoms with E-state index in [4.69, 9.17) is 4.74 Å². The van der Waals surface area contributed by atoms with Gasteiger partial charge in [0.2, 0.25) is 0 Å². The van der Waals surface area contributed by atoms with Crippen LogP contribution in [0, 0.1) is 0 Å². The average Bonchev–Trinajstić information content (AvgIpc) is 2.18. The summed E-state index contributed by atoms with van der Waals surface area (Å²) in [6.45, 7) is 1.99. The Morgan fingerprint density at radius 2 is 2.07 bits per heavy atom. The molecule has 0 saturated carbocycles. The molecule has 3 nitrogen and oxygen atoms in total. The third kappa shape index (κ3) is 2.19. The molecule has 76 valence electrons. The molecule has 0 aliphatic carbocycles. The van der Waals surface area contributed by atoms with Gasteiger partial charge in [-0.2, -0.15) is 0 Å². The van der Waals surface area contributed by atoms with Crippen molar-refractivity contribution < 1.29 is 14.9 Å². The third-order valence-electron chi connectivity index (χ3n) is 1.84. The number of methoxy groups -OCH3 is 1. The van der Waals surface area contributed by atoms with Crippen molar-refractivity contribution in [1.82, 2.24) is 0 Å². The number of hydrogen-bond acceptors (Lipinski definition) is 3. The Morgan fingerprint density at radius 3 is 2.64 bits per heavy atom. The van der Waals surface area contributed by atoms with E-state index >= 15 is 0 Å². The van der Waals surface area contributed by atoms with E-state index in [2.05, 4.69) is 0 Å². The second-order valence-electron chi connectivity index (χ2n) is 2.90. The smallest absolute Gasteiger partial charge is 0.165 e. The molecule has 0 radical (unpaired) electrons. The van der Waals surface area contributed by atoms with Crippen molar-refractivity contribution in [3.8, 4) is 17.2 Å². The maximum absolute atomic E-state index is 9.65. The number of hydrogen-bond donors (Lipinski definition) is 2. The molecule has 2 N–H and O–H groups in total. The highest BCUT2D eigenvalue weighted by Crippen LogP contribution is 2.34. The highest BCUT2D eigenvalue weighted by atomic mass is 16.5. The van der Waals surface area contributed by atoms with Crippen molar-refractivity contribution in [2.45, 2.75) is 13.3 Å². The maximum atomic E-state index is 9.65. The molecule has 0 aliphatic rings. The molecule has 0 amide bonds. The summed E-state index contributed by atoms with van der Waals surface area (Å²) in [4.78, 5) is 0. The summed E-state index contributed by atoms with van der Waals surface area (Å²) in [7, 11) is 1.45. The van der Waals surface area contributed by atoms with Gasteiger partial charge in [-0.1, -0.05) is 19.1 Å². The zero-order valence-electron chi connectivity index (χ0n) is 8.32. The van der Waals surface area contributed by atoms with Crippen LogP contribution in [0.15, 0.2) is 18.2 Å². The molecule has 0 spiro atoms. The fourth-order valence-electron chi connectivity index (χ4n) is 1.14. The number of rotatable bonds is 3. The van der Waals surface area contributed by atoms with Crippen LogP contribution in [0.2, 0.25) is 0 Å². The molecular formula is C11H14O3. The number of allylic oxidation sites excluding steroid dienone is 1. The van der Waals surface area contributed by atoms with Crippen LogP contribution in [0.3, 0.4) is 0 Å². The second-order valence-corrected chi connectivity index (χ2v) is 2.90. The van der Waals surface area contributed by atoms with Crippen molar-refractivity contribution in [3.63, 3.8) is 0 Å². The largest absolute Gasteiger partial charge is 0.508 e. The predicted molar refractivity (Wildman–Crippen MR) is 55.6 cm³/mol. The predicted octanol–water partition coefficient (Wildman–Crippen LogP) is 2.53. The summed E-state index contributed by atoms with van der Waals surface area (Å²) >= 11 is 0. The van der Waals surface area contributed by atoms with Crippen LogP contribution in [0.5, 0.6) is 17.2 Å². The summed E-state index contributed by atoms with van der Waals surface area (Å²) < 4.78 is 4.90. The van der Waals surface area contributed by atoms with E-state index in [1.807, 2.05) is 13.0 Å². The molecule has 0 fully saturated rings. The Labute approximate surface area is 83.3 Å². The van der Waals surface area contributed by atoms with Gasteiger partial charge < -0.3 is 14.9 Å². The SMILES string of the molecule is CCC=Cc1cc(O)cc(OC)c1O. The van der Waals surface area contributed by atoms with Gasteiger partial charge in [0.1, 0.15) is 5.75 Å². The molecule has 0 atom stereocenters. The van der Waals surface area contributed by atoms with E-state index < -0.39 is 0 Å². The van der Waals surface area contributed by atoms with Crippen molar-refractivity contribution in [2.75, 3.05) is 7.11 Å². The number of benzene rings is 1. The van der Waals surface area contributed by atoms with Crippen LogP contribution in [-0.4, -0.2) is 17.3 Å². The lowest BCUT2D eigenvalue weighted by Gasteiger charge is -2.06. The zero-order chi connectivity index (χ0) is 10.6. The van der Waals surface area contributed by atoms with Crippen molar-refractivity contribution in [2.24, 2.45) is 0 Å². The summed E-state index contributed by atoms with van der Waals surface area (Å²) in [5.74, 6) is 0.408. The van der Waals surface area contributed by atoms with Gasteiger partial charge in [-0.3, -0.25) is 0 Å². The van der Waals surface area contributed by atoms with Crippen LogP contribution in [0.4, 0.5) is 0 Å². The Balaban J connectivity index is 3.15. The minimum absolute atomic E-state index is 0.0509. The Kier molecular flexibility index (Phi) is 3.40. The van der Waals surface area contributed by atoms with Gasteiger partial charge >= 0.3 is 0 Å². The normalized spacial score (nSPS) is 10.7. The van der Waals surface area contributed by atoms with Gasteiger partial charge in [0, 0.05) is 11.6 Å². The van der Waals surface area contributed by atoms with E-state index in [9.17, 15) is 10.2 Å². The topological polar surface area (TPSA) is 49.7 Å². The molecular weight excluding hydrogens is 180 g/mol. The molecule has 0 heterocycles. The molecule has 1 aromatic rings. The summed E-state index contributed by atoms with van der Waals surface area (Å²) in [6.07, 6.45) is 4.52. The number of phenolic OH excluding ortho intramolecular Hbond substituents is 2. The van der Waals surface area contributed by atoms with E-state index in [0.717, 1.165) is 6.42 Å². The monoisotopic (exact) mass is 194 g/mol. The molecule has 0 saturated heterocycles. The zero-order valence-corrected chi connectivity index (χ0v) is 8.32. The highest BCUT2D eigenvalue weighted by Gasteiger charge is 2.07. The van der Waals surface area contributed by atoms with Crippen LogP contribution >= 0.6 is 0 Å². The number of aromatic hydroxyl groups is 2. The molecule has 0 bridgehead atoms. The first-order chi connectivity index (χ1) is 6.69. The lowest BCUT2D eigenvalue weighted by Crippen LogP contribution is -1.85. The lowest BCUT2D eigenvalue weighted by atomic mass is 10.1. The summed E-state index contributed by atoms with van der Waals surface area (Å²) in [5.41, 5.74) is 0.559. The fourth-order valence-corrected chi connectivity index (χ4v) is 1.14. The Hall–Kier alpha value is -1.64. The minimum atomic E-state index is 0.0509. The Bertz CT molecular complexity index is 343. The third-order valence-corrected chi connectivity index (χ3v) is 1.84. The number of ether oxygens (including phenoxy) is 1. The van der Waals surface area contributed by atoms with Gasteiger partial charge in [-0.05, 0) is 12.5 Å². The Morgan fingerprint density at radius 1 is 1.36 bits per heavy atom. The molecule has 1 aromatic carbocycles. The summed E-state index contributed by atoms with van der Waals surface area (Å²) in [6, 6.07) is 2.86. The van der Waals surface area contributed by atoms with Gasteiger partial charge in [0.15, 0.2) is 11.5 Å². The van der Waals surface area contributed by atoms with Crippen LogP contribution in [0.1, 0.15) is 18.9 Å². The van der Waals surface area contributed by atoms with E-state index in [-0.39, 0.29) is 17.2 Å². The minimum Gasteiger partial charge on any atom is -0.508 e. The van der Waals surface area contributed by atoms with Crippen LogP contribution in [0.25, 0.3) is 6.08 Å². The lowest BCUT2D eigenvalue weighted by molar-refractivity contribution is 0.368. The highest BCUT2D eigenvalue weighted by molar-refractivity contribution is 5.64. The molecule has 0 unspecified atom stereocenters. The van der Waals surface area contributed by atoms with Gasteiger partial charge in [0.05, 0.1) is 7.11 Å². The second kappa shape index (κ2) is 4.56. The van der Waals surface area contributed by atoms with Crippen molar-refractivity contribution in [1.29, 1.82) is 0 Å². The van der Waals surface area contributed by atoms with Gasteiger partial charge in [0.25, 0.3) is 0 Å². The van der Waals surface area contributed by atoms with Gasteiger partial charge in [-0.25, -0.2) is 0 Å². The molecule has 1 rings (SSSR count). The average molecular weight is 194 g/mol. The first kappa shape index (κ1) is 10.4. The standard InChI is InChI=1S/C11H14O3/c1-3-4-5-8-6-9(12)7-10(14-2)11(8)13/h4-7,12-13H,3H2,1-2H3. The molecule has 3 heteroatoms. The van der Waals surface area contributed by atoms with E-state index in [1.165, 1.54) is 19.2 Å². The maximum Gasteiger partial charge on any atom is 0.165 e. The molecule has 0 aliphatic heterocycles. The number of phenols is 2. The molecule has 0 aromatic heterocycles. The van der Waals surface area contributed by atoms with Crippen molar-refractivity contribution in [3.05, 3.63) is 23.8 Å². The van der Waals surface area contributed by atoms with Crippen LogP contribution in [-0.2, 0) is 0 Å². The first-order valence-electron chi connectivity index (χ1n) is 4.45. The first-order valence-corrected chi connectivity index (χ1v) is 4.45.